The minimum atomic E-state index is 1.12. The molecule has 0 bridgehead atoms. The Balaban J connectivity index is 1.09. The molecule has 1 aromatic heterocycles. The summed E-state index contributed by atoms with van der Waals surface area (Å²) in [4.78, 5) is 2.42. The van der Waals surface area contributed by atoms with Crippen molar-refractivity contribution in [2.45, 2.75) is 0 Å². The topological polar surface area (TPSA) is 3.24 Å². The molecule has 11 rings (SSSR count). The molecule has 0 aliphatic rings. The predicted molar refractivity (Wildman–Crippen MR) is 243 cm³/mol. The Morgan fingerprint density at radius 2 is 0.821 bits per heavy atom. The number of hydrogen-bond donors (Lipinski definition) is 0. The van der Waals surface area contributed by atoms with E-state index in [9.17, 15) is 0 Å². The normalized spacial score (nSPS) is 11.6. The van der Waals surface area contributed by atoms with Gasteiger partial charge >= 0.3 is 0 Å². The van der Waals surface area contributed by atoms with Crippen LogP contribution in [0.25, 0.3) is 85.9 Å². The Bertz CT molecular complexity index is 3230. The molecule has 2 heteroatoms. The van der Waals surface area contributed by atoms with Gasteiger partial charge in [-0.3, -0.25) is 0 Å². The van der Waals surface area contributed by atoms with Gasteiger partial charge in [-0.1, -0.05) is 170 Å². The van der Waals surface area contributed by atoms with Gasteiger partial charge in [-0.05, 0) is 103 Å². The van der Waals surface area contributed by atoms with E-state index in [0.717, 1.165) is 17.1 Å². The first-order valence-electron chi connectivity index (χ1n) is 19.2. The fourth-order valence-electron chi connectivity index (χ4n) is 8.67. The van der Waals surface area contributed by atoms with Crippen molar-refractivity contribution < 1.29 is 0 Å². The maximum Gasteiger partial charge on any atom is 0.0540 e. The van der Waals surface area contributed by atoms with E-state index in [1.54, 1.807) is 0 Å². The third-order valence-corrected chi connectivity index (χ3v) is 12.4. The zero-order valence-corrected chi connectivity index (χ0v) is 31.4. The summed E-state index contributed by atoms with van der Waals surface area (Å²) in [5, 5.41) is 10.1. The van der Waals surface area contributed by atoms with E-state index in [4.69, 9.17) is 0 Å². The molecule has 262 valence electrons. The summed E-state index contributed by atoms with van der Waals surface area (Å²) in [6.07, 6.45) is 0. The number of thiophene rings is 1. The standard InChI is InChI=1S/C54H35NS/c1-3-15-38(16-4-1)53-48-23-10-9-21-44(48)45-32-28-40(34-49(45)54(53)39-17-5-2-6-18-39)36-26-29-41(30-27-36)55(50-24-13-19-37-14-7-8-20-43(37)50)42-31-33-47-46-22-11-12-25-51(46)56-52(47)35-42/h1-35H. The highest BCUT2D eigenvalue weighted by Gasteiger charge is 2.20. The molecule has 56 heavy (non-hydrogen) atoms. The number of fused-ring (bicyclic) bond motifs is 7. The number of anilines is 3. The summed E-state index contributed by atoms with van der Waals surface area (Å²) in [5.41, 5.74) is 10.8. The van der Waals surface area contributed by atoms with Gasteiger partial charge in [0.2, 0.25) is 0 Å². The molecular weight excluding hydrogens is 695 g/mol. The summed E-state index contributed by atoms with van der Waals surface area (Å²) in [7, 11) is 0. The van der Waals surface area contributed by atoms with Crippen molar-refractivity contribution in [3.63, 3.8) is 0 Å². The average Bonchev–Trinajstić information content (AvgIpc) is 3.65. The van der Waals surface area contributed by atoms with E-state index in [2.05, 4.69) is 217 Å². The Hall–Kier alpha value is -7.00. The fraction of sp³-hybridized carbons (Fsp3) is 0. The summed E-state index contributed by atoms with van der Waals surface area (Å²) in [6, 6.07) is 77.7. The van der Waals surface area contributed by atoms with Gasteiger partial charge in [-0.2, -0.15) is 0 Å². The number of benzene rings is 10. The maximum absolute atomic E-state index is 2.42. The van der Waals surface area contributed by atoms with Gasteiger partial charge in [0, 0.05) is 36.9 Å². The van der Waals surface area contributed by atoms with Gasteiger partial charge in [-0.25, -0.2) is 0 Å². The van der Waals surface area contributed by atoms with Crippen molar-refractivity contribution in [2.24, 2.45) is 0 Å². The molecule has 1 nitrogen and oxygen atoms in total. The summed E-state index contributed by atoms with van der Waals surface area (Å²) in [5.74, 6) is 0. The van der Waals surface area contributed by atoms with Crippen LogP contribution in [0.3, 0.4) is 0 Å². The van der Waals surface area contributed by atoms with Gasteiger partial charge in [-0.15, -0.1) is 11.3 Å². The molecule has 0 N–H and O–H groups in total. The molecule has 0 saturated heterocycles. The predicted octanol–water partition coefficient (Wildman–Crippen LogP) is 16.0. The van der Waals surface area contributed by atoms with Gasteiger partial charge in [0.05, 0.1) is 5.69 Å². The highest BCUT2D eigenvalue weighted by Crippen LogP contribution is 2.47. The SMILES string of the molecule is c1ccc(-c2c(-c3ccccc3)c3cc(-c4ccc(N(c5ccc6c(c5)sc5ccccc56)c5cccc6ccccc56)cc4)ccc3c3ccccc23)cc1. The Labute approximate surface area is 330 Å². The Morgan fingerprint density at radius 3 is 1.59 bits per heavy atom. The van der Waals surface area contributed by atoms with E-state index < -0.39 is 0 Å². The molecule has 11 aromatic rings. The highest BCUT2D eigenvalue weighted by molar-refractivity contribution is 7.25. The van der Waals surface area contributed by atoms with Crippen molar-refractivity contribution in [2.75, 3.05) is 4.90 Å². The van der Waals surface area contributed by atoms with E-state index >= 15 is 0 Å². The molecule has 0 aliphatic carbocycles. The molecule has 0 amide bonds. The first kappa shape index (κ1) is 32.4. The van der Waals surface area contributed by atoms with E-state index in [0.29, 0.717) is 0 Å². The number of nitrogens with zero attached hydrogens (tertiary/aromatic N) is 1. The van der Waals surface area contributed by atoms with Crippen LogP contribution in [0, 0.1) is 0 Å². The smallest absolute Gasteiger partial charge is 0.0540 e. The van der Waals surface area contributed by atoms with Crippen molar-refractivity contribution in [1.29, 1.82) is 0 Å². The maximum atomic E-state index is 2.42. The van der Waals surface area contributed by atoms with Gasteiger partial charge in [0.1, 0.15) is 0 Å². The quantitative estimate of drug-likeness (QED) is 0.154. The van der Waals surface area contributed by atoms with Crippen molar-refractivity contribution in [3.05, 3.63) is 212 Å². The summed E-state index contributed by atoms with van der Waals surface area (Å²) >= 11 is 1.86. The zero-order chi connectivity index (χ0) is 37.0. The molecule has 0 unspecified atom stereocenters. The van der Waals surface area contributed by atoms with Crippen molar-refractivity contribution in [1.82, 2.24) is 0 Å². The molecule has 0 aliphatic heterocycles. The lowest BCUT2D eigenvalue weighted by atomic mass is 9.84. The third-order valence-electron chi connectivity index (χ3n) is 11.2. The molecule has 1 heterocycles. The van der Waals surface area contributed by atoms with E-state index in [1.807, 2.05) is 11.3 Å². The summed E-state index contributed by atoms with van der Waals surface area (Å²) < 4.78 is 2.61. The van der Waals surface area contributed by atoms with Crippen molar-refractivity contribution >= 4 is 80.9 Å². The first-order chi connectivity index (χ1) is 27.8. The lowest BCUT2D eigenvalue weighted by molar-refractivity contribution is 1.30. The molecular formula is C54H35NS. The van der Waals surface area contributed by atoms with Crippen molar-refractivity contribution in [3.8, 4) is 33.4 Å². The first-order valence-corrected chi connectivity index (χ1v) is 20.0. The van der Waals surface area contributed by atoms with E-state index in [1.165, 1.54) is 85.9 Å². The lowest BCUT2D eigenvalue weighted by Crippen LogP contribution is -2.10. The van der Waals surface area contributed by atoms with Crippen LogP contribution in [0.1, 0.15) is 0 Å². The molecule has 0 radical (unpaired) electrons. The number of rotatable bonds is 6. The largest absolute Gasteiger partial charge is 0.310 e. The van der Waals surface area contributed by atoms with Gasteiger partial charge in [0.25, 0.3) is 0 Å². The highest BCUT2D eigenvalue weighted by atomic mass is 32.1. The Kier molecular flexibility index (Phi) is 7.75. The molecule has 0 saturated carbocycles. The van der Waals surface area contributed by atoms with Crippen LogP contribution in [0.2, 0.25) is 0 Å². The van der Waals surface area contributed by atoms with Crippen LogP contribution in [0.4, 0.5) is 17.1 Å². The van der Waals surface area contributed by atoms with Crippen LogP contribution in [-0.2, 0) is 0 Å². The lowest BCUT2D eigenvalue weighted by Gasteiger charge is -2.27. The monoisotopic (exact) mass is 729 g/mol. The molecule has 0 spiro atoms. The number of hydrogen-bond acceptors (Lipinski definition) is 2. The minimum absolute atomic E-state index is 1.12. The van der Waals surface area contributed by atoms with Crippen LogP contribution >= 0.6 is 11.3 Å². The second kappa shape index (κ2) is 13.4. The van der Waals surface area contributed by atoms with E-state index in [-0.39, 0.29) is 0 Å². The second-order valence-electron chi connectivity index (χ2n) is 14.4. The van der Waals surface area contributed by atoms with Crippen LogP contribution < -0.4 is 4.90 Å². The molecule has 0 fully saturated rings. The van der Waals surface area contributed by atoms with Crippen LogP contribution in [0.5, 0.6) is 0 Å². The second-order valence-corrected chi connectivity index (χ2v) is 15.5. The third kappa shape index (κ3) is 5.38. The molecule has 0 atom stereocenters. The zero-order valence-electron chi connectivity index (χ0n) is 30.6. The summed E-state index contributed by atoms with van der Waals surface area (Å²) in [6.45, 7) is 0. The van der Waals surface area contributed by atoms with Gasteiger partial charge in [0.15, 0.2) is 0 Å². The minimum Gasteiger partial charge on any atom is -0.310 e. The van der Waals surface area contributed by atoms with Gasteiger partial charge < -0.3 is 4.90 Å². The molecule has 10 aromatic carbocycles. The fourth-order valence-corrected chi connectivity index (χ4v) is 9.81. The average molecular weight is 730 g/mol. The van der Waals surface area contributed by atoms with Crippen LogP contribution in [0.15, 0.2) is 212 Å². The Morgan fingerprint density at radius 1 is 0.286 bits per heavy atom. The van der Waals surface area contributed by atoms with Crippen LogP contribution in [-0.4, -0.2) is 0 Å².